The Balaban J connectivity index is 1.70. The molecule has 0 aliphatic heterocycles. The van der Waals surface area contributed by atoms with Gasteiger partial charge in [-0.2, -0.15) is 0 Å². The highest BCUT2D eigenvalue weighted by atomic mass is 35.5. The van der Waals surface area contributed by atoms with Crippen molar-refractivity contribution in [3.63, 3.8) is 0 Å². The first-order chi connectivity index (χ1) is 11.9. The lowest BCUT2D eigenvalue weighted by atomic mass is 10.2. The first-order valence-electron chi connectivity index (χ1n) is 7.40. The molecule has 25 heavy (non-hydrogen) atoms. The molecule has 0 spiro atoms. The normalized spacial score (nSPS) is 10.9. The number of aromatic nitrogens is 2. The van der Waals surface area contributed by atoms with Crippen LogP contribution in [0.25, 0.3) is 11.0 Å². The number of rotatable bonds is 4. The Morgan fingerprint density at radius 2 is 1.76 bits per heavy atom. The van der Waals surface area contributed by atoms with E-state index in [9.17, 15) is 9.59 Å². The molecule has 0 radical (unpaired) electrons. The van der Waals surface area contributed by atoms with Gasteiger partial charge in [0.25, 0.3) is 5.91 Å². The van der Waals surface area contributed by atoms with Crippen LogP contribution in [-0.4, -0.2) is 21.6 Å². The van der Waals surface area contributed by atoms with Crippen molar-refractivity contribution in [2.24, 2.45) is 14.1 Å². The van der Waals surface area contributed by atoms with Crippen LogP contribution in [0.4, 0.5) is 5.69 Å². The van der Waals surface area contributed by atoms with Gasteiger partial charge < -0.3 is 10.1 Å². The molecule has 6 nitrogen and oxygen atoms in total. The van der Waals surface area contributed by atoms with Crippen LogP contribution in [-0.2, 0) is 18.9 Å². The van der Waals surface area contributed by atoms with Crippen LogP contribution in [0.1, 0.15) is 0 Å². The Bertz CT molecular complexity index is 1020. The topological polar surface area (TPSA) is 65.3 Å². The summed E-state index contributed by atoms with van der Waals surface area (Å²) in [6, 6.07) is 10.0. The fourth-order valence-corrected chi connectivity index (χ4v) is 2.79. The van der Waals surface area contributed by atoms with Crippen LogP contribution in [0.2, 0.25) is 10.0 Å². The molecule has 8 heteroatoms. The van der Waals surface area contributed by atoms with Gasteiger partial charge in [-0.25, -0.2) is 4.79 Å². The maximum atomic E-state index is 12.1. The van der Waals surface area contributed by atoms with Crippen molar-refractivity contribution < 1.29 is 9.53 Å². The molecule has 0 aliphatic carbocycles. The van der Waals surface area contributed by atoms with Gasteiger partial charge in [-0.15, -0.1) is 0 Å². The Labute approximate surface area is 153 Å². The van der Waals surface area contributed by atoms with Crippen LogP contribution >= 0.6 is 23.2 Å². The lowest BCUT2D eigenvalue weighted by Crippen LogP contribution is -2.20. The summed E-state index contributed by atoms with van der Waals surface area (Å²) in [6.07, 6.45) is 0. The maximum absolute atomic E-state index is 12.1. The average Bonchev–Trinajstić information content (AvgIpc) is 2.80. The summed E-state index contributed by atoms with van der Waals surface area (Å²) < 4.78 is 8.47. The molecule has 0 fully saturated rings. The number of hydrogen-bond donors (Lipinski definition) is 1. The molecule has 0 atom stereocenters. The average molecular weight is 380 g/mol. The van der Waals surface area contributed by atoms with E-state index in [-0.39, 0.29) is 18.2 Å². The monoisotopic (exact) mass is 379 g/mol. The molecule has 2 aromatic carbocycles. The minimum Gasteiger partial charge on any atom is -0.484 e. The molecular formula is C17H15Cl2N3O3. The van der Waals surface area contributed by atoms with Crippen molar-refractivity contribution in [1.29, 1.82) is 0 Å². The zero-order chi connectivity index (χ0) is 18.1. The molecule has 1 aromatic heterocycles. The molecule has 0 saturated heterocycles. The van der Waals surface area contributed by atoms with Crippen LogP contribution < -0.4 is 15.7 Å². The van der Waals surface area contributed by atoms with E-state index in [0.717, 1.165) is 11.0 Å². The predicted octanol–water partition coefficient (Wildman–Crippen LogP) is 3.20. The summed E-state index contributed by atoms with van der Waals surface area (Å²) in [5, 5.41) is 3.51. The minimum absolute atomic E-state index is 0.124. The molecule has 0 saturated carbocycles. The van der Waals surface area contributed by atoms with E-state index in [1.54, 1.807) is 55.1 Å². The Kier molecular flexibility index (Phi) is 4.74. The third-order valence-corrected chi connectivity index (χ3v) is 4.56. The summed E-state index contributed by atoms with van der Waals surface area (Å²) in [7, 11) is 3.39. The third kappa shape index (κ3) is 3.50. The van der Waals surface area contributed by atoms with Gasteiger partial charge in [0.2, 0.25) is 0 Å². The van der Waals surface area contributed by atoms with Gasteiger partial charge in [-0.3, -0.25) is 13.9 Å². The van der Waals surface area contributed by atoms with Gasteiger partial charge in [0.15, 0.2) is 6.61 Å². The molecule has 0 unspecified atom stereocenters. The van der Waals surface area contributed by atoms with Gasteiger partial charge in [0.05, 0.1) is 21.1 Å². The number of hydrogen-bond acceptors (Lipinski definition) is 3. The standard InChI is InChI=1S/C17H15Cl2N3O3/c1-21-14-6-3-10(7-15(14)22(2)17(21)24)20-16(23)9-25-11-4-5-12(18)13(19)8-11/h3-8H,9H2,1-2H3,(H,20,23). The predicted molar refractivity (Wildman–Crippen MR) is 98.7 cm³/mol. The summed E-state index contributed by atoms with van der Waals surface area (Å²) >= 11 is 11.7. The summed E-state index contributed by atoms with van der Waals surface area (Å²) in [4.78, 5) is 24.0. The lowest BCUT2D eigenvalue weighted by Gasteiger charge is -2.08. The van der Waals surface area contributed by atoms with Gasteiger partial charge in [-0.05, 0) is 30.3 Å². The summed E-state index contributed by atoms with van der Waals surface area (Å²) in [5.41, 5.74) is 1.98. The molecule has 1 heterocycles. The van der Waals surface area contributed by atoms with Gasteiger partial charge in [0, 0.05) is 25.8 Å². The van der Waals surface area contributed by atoms with Crippen molar-refractivity contribution in [2.45, 2.75) is 0 Å². The zero-order valence-corrected chi connectivity index (χ0v) is 15.1. The molecule has 3 rings (SSSR count). The third-order valence-electron chi connectivity index (χ3n) is 3.82. The van der Waals surface area contributed by atoms with E-state index in [1.165, 1.54) is 4.57 Å². The Hall–Kier alpha value is -2.44. The number of carbonyl (C=O) groups excluding carboxylic acids is 1. The quantitative estimate of drug-likeness (QED) is 0.756. The SMILES string of the molecule is Cn1c(=O)n(C)c2cc(NC(=O)COc3ccc(Cl)c(Cl)c3)ccc21. The van der Waals surface area contributed by atoms with E-state index in [4.69, 9.17) is 27.9 Å². The van der Waals surface area contributed by atoms with Crippen molar-refractivity contribution in [3.05, 3.63) is 56.9 Å². The fraction of sp³-hybridized carbons (Fsp3) is 0.176. The molecular weight excluding hydrogens is 365 g/mol. The number of anilines is 1. The molecule has 1 amide bonds. The number of amides is 1. The Morgan fingerprint density at radius 3 is 2.48 bits per heavy atom. The maximum Gasteiger partial charge on any atom is 0.328 e. The molecule has 3 aromatic rings. The fourth-order valence-electron chi connectivity index (χ4n) is 2.50. The van der Waals surface area contributed by atoms with E-state index >= 15 is 0 Å². The van der Waals surface area contributed by atoms with Crippen molar-refractivity contribution >= 4 is 45.8 Å². The number of nitrogens with one attached hydrogen (secondary N) is 1. The lowest BCUT2D eigenvalue weighted by molar-refractivity contribution is -0.118. The van der Waals surface area contributed by atoms with Crippen molar-refractivity contribution in [3.8, 4) is 5.75 Å². The minimum atomic E-state index is -0.327. The largest absolute Gasteiger partial charge is 0.484 e. The van der Waals surface area contributed by atoms with Crippen LogP contribution in [0.5, 0.6) is 5.75 Å². The van der Waals surface area contributed by atoms with Gasteiger partial charge in [-0.1, -0.05) is 23.2 Å². The molecule has 130 valence electrons. The van der Waals surface area contributed by atoms with E-state index in [2.05, 4.69) is 5.32 Å². The van der Waals surface area contributed by atoms with E-state index in [0.29, 0.717) is 21.5 Å². The second-order valence-electron chi connectivity index (χ2n) is 5.52. The first-order valence-corrected chi connectivity index (χ1v) is 8.15. The molecule has 1 N–H and O–H groups in total. The second kappa shape index (κ2) is 6.82. The van der Waals surface area contributed by atoms with Crippen LogP contribution in [0, 0.1) is 0 Å². The Morgan fingerprint density at radius 1 is 1.04 bits per heavy atom. The number of fused-ring (bicyclic) bond motifs is 1. The highest BCUT2D eigenvalue weighted by Gasteiger charge is 2.10. The number of halogens is 2. The number of carbonyl (C=O) groups is 1. The van der Waals surface area contributed by atoms with Gasteiger partial charge in [0.1, 0.15) is 5.75 Å². The summed E-state index contributed by atoms with van der Waals surface area (Å²) in [5.74, 6) is 0.122. The number of aryl methyl sites for hydroxylation is 2. The molecule has 0 aliphatic rings. The second-order valence-corrected chi connectivity index (χ2v) is 6.33. The van der Waals surface area contributed by atoms with Gasteiger partial charge >= 0.3 is 5.69 Å². The zero-order valence-electron chi connectivity index (χ0n) is 13.5. The first kappa shape index (κ1) is 17.4. The van der Waals surface area contributed by atoms with Crippen molar-refractivity contribution in [1.82, 2.24) is 9.13 Å². The number of benzene rings is 2. The number of nitrogens with zero attached hydrogens (tertiary/aromatic N) is 2. The van der Waals surface area contributed by atoms with E-state index < -0.39 is 0 Å². The number of ether oxygens (including phenoxy) is 1. The number of imidazole rings is 1. The molecule has 0 bridgehead atoms. The van der Waals surface area contributed by atoms with E-state index in [1.807, 2.05) is 0 Å². The smallest absolute Gasteiger partial charge is 0.328 e. The summed E-state index contributed by atoms with van der Waals surface area (Å²) in [6.45, 7) is -0.177. The highest BCUT2D eigenvalue weighted by Crippen LogP contribution is 2.26. The highest BCUT2D eigenvalue weighted by molar-refractivity contribution is 6.42. The van der Waals surface area contributed by atoms with Crippen LogP contribution in [0.15, 0.2) is 41.2 Å². The van der Waals surface area contributed by atoms with Crippen LogP contribution in [0.3, 0.4) is 0 Å². The van der Waals surface area contributed by atoms with Crippen molar-refractivity contribution in [2.75, 3.05) is 11.9 Å².